The maximum atomic E-state index is 14.2. The van der Waals surface area contributed by atoms with E-state index in [2.05, 4.69) is 10.6 Å². The van der Waals surface area contributed by atoms with Crippen LogP contribution < -0.4 is 20.1 Å². The molecule has 0 bridgehead atoms. The maximum absolute atomic E-state index is 14.2. The molecule has 0 spiro atoms. The van der Waals surface area contributed by atoms with Crippen LogP contribution in [0.5, 0.6) is 11.5 Å². The van der Waals surface area contributed by atoms with Crippen LogP contribution in [0.2, 0.25) is 0 Å². The number of aliphatic hydroxyl groups is 1. The van der Waals surface area contributed by atoms with Gasteiger partial charge in [-0.25, -0.2) is 4.79 Å². The van der Waals surface area contributed by atoms with E-state index in [0.29, 0.717) is 24.5 Å². The van der Waals surface area contributed by atoms with Crippen molar-refractivity contribution < 1.29 is 46.9 Å². The summed E-state index contributed by atoms with van der Waals surface area (Å²) >= 11 is 0. The van der Waals surface area contributed by atoms with Gasteiger partial charge >= 0.3 is 12.2 Å². The van der Waals surface area contributed by atoms with Crippen LogP contribution in [-0.4, -0.2) is 97.6 Å². The Hall–Kier alpha value is -4.04. The van der Waals surface area contributed by atoms with Crippen LogP contribution in [0.25, 0.3) is 0 Å². The quantitative estimate of drug-likeness (QED) is 0.299. The van der Waals surface area contributed by atoms with Crippen molar-refractivity contribution >= 4 is 29.2 Å². The highest BCUT2D eigenvalue weighted by molar-refractivity contribution is 5.99. The first-order valence-corrected chi connectivity index (χ1v) is 16.1. The van der Waals surface area contributed by atoms with E-state index in [1.54, 1.807) is 45.3 Å². The number of anilines is 2. The number of carbonyl (C=O) groups is 3. The van der Waals surface area contributed by atoms with E-state index < -0.39 is 43.0 Å². The number of aliphatic hydroxyl groups excluding tert-OH is 1. The third-order valence-electron chi connectivity index (χ3n) is 8.11. The Morgan fingerprint density at radius 2 is 1.79 bits per heavy atom. The first kappa shape index (κ1) is 38.4. The van der Waals surface area contributed by atoms with E-state index in [4.69, 9.17) is 14.2 Å². The minimum absolute atomic E-state index is 0.0912. The first-order valence-electron chi connectivity index (χ1n) is 16.1. The molecule has 2 aromatic rings. The molecule has 2 aromatic carbocycles. The Balaban J connectivity index is 1.86. The molecule has 0 saturated heterocycles. The summed E-state index contributed by atoms with van der Waals surface area (Å²) in [6, 6.07) is 10.3. The van der Waals surface area contributed by atoms with E-state index in [-0.39, 0.29) is 54.7 Å². The maximum Gasteiger partial charge on any atom is 0.389 e. The molecule has 0 saturated carbocycles. The van der Waals surface area contributed by atoms with Gasteiger partial charge in [0.05, 0.1) is 44.0 Å². The number of likely N-dealkylation sites (N-methyl/N-ethyl adjacent to an activating group) is 1. The van der Waals surface area contributed by atoms with Gasteiger partial charge in [0.1, 0.15) is 11.5 Å². The number of amides is 4. The van der Waals surface area contributed by atoms with Crippen LogP contribution in [0.4, 0.5) is 29.3 Å². The van der Waals surface area contributed by atoms with Gasteiger partial charge in [-0.05, 0) is 75.6 Å². The molecule has 0 unspecified atom stereocenters. The SMILES string of the molecule is COc1ccc(NC(=O)N(C)C[C@H]2OCCCC[C@@H](C)Oc3ccc(NC(=O)CCC(F)(F)F)cc3C(=O)N([C@H](C)CO)C[C@@H]2C)cc1. The number of carbonyl (C=O) groups excluding carboxylic acids is 3. The molecule has 3 N–H and O–H groups in total. The first-order chi connectivity index (χ1) is 22.7. The molecule has 11 nitrogen and oxygen atoms in total. The number of nitrogens with zero attached hydrogens (tertiary/aromatic N) is 2. The summed E-state index contributed by atoms with van der Waals surface area (Å²) in [5, 5.41) is 15.4. The number of urea groups is 1. The number of hydrogen-bond acceptors (Lipinski definition) is 7. The highest BCUT2D eigenvalue weighted by atomic mass is 19.4. The zero-order chi connectivity index (χ0) is 35.4. The van der Waals surface area contributed by atoms with E-state index >= 15 is 0 Å². The van der Waals surface area contributed by atoms with Gasteiger partial charge in [-0.15, -0.1) is 0 Å². The molecule has 266 valence electrons. The molecule has 4 atom stereocenters. The van der Waals surface area contributed by atoms with Gasteiger partial charge in [0, 0.05) is 50.5 Å². The van der Waals surface area contributed by atoms with Crippen molar-refractivity contribution in [2.75, 3.05) is 51.1 Å². The molecule has 3 rings (SSSR count). The minimum Gasteiger partial charge on any atom is -0.497 e. The number of nitrogens with one attached hydrogen (secondary N) is 2. The molecule has 1 aliphatic rings. The van der Waals surface area contributed by atoms with Crippen LogP contribution in [0, 0.1) is 5.92 Å². The highest BCUT2D eigenvalue weighted by Crippen LogP contribution is 2.29. The average molecular weight is 681 g/mol. The second-order valence-electron chi connectivity index (χ2n) is 12.2. The predicted octanol–water partition coefficient (Wildman–Crippen LogP) is 5.94. The lowest BCUT2D eigenvalue weighted by Gasteiger charge is -2.35. The molecule has 4 amide bonds. The molecule has 48 heavy (non-hydrogen) atoms. The minimum atomic E-state index is -4.48. The van der Waals surface area contributed by atoms with Gasteiger partial charge in [0.15, 0.2) is 0 Å². The van der Waals surface area contributed by atoms with Crippen LogP contribution >= 0.6 is 0 Å². The standard InChI is InChI=1S/C34H47F3N4O7/c1-22-19-41(23(2)21-42)32(44)28-18-26(38-31(43)15-16-34(35,36)37)11-14-29(28)48-24(3)8-6-7-17-47-30(22)20-40(4)33(45)39-25-9-12-27(46-5)13-10-25/h9-14,18,22-24,30,42H,6-8,15-17,19-21H2,1-5H3,(H,38,43)(H,39,45)/t22-,23+,24+,30+/m0/s1. The molecule has 0 radical (unpaired) electrons. The van der Waals surface area contributed by atoms with Crippen molar-refractivity contribution in [2.45, 2.75) is 77.3 Å². The van der Waals surface area contributed by atoms with Gasteiger partial charge < -0.3 is 39.8 Å². The smallest absolute Gasteiger partial charge is 0.389 e. The number of halogens is 3. The lowest BCUT2D eigenvalue weighted by Crippen LogP contribution is -2.48. The van der Waals surface area contributed by atoms with Gasteiger partial charge in [0.2, 0.25) is 5.91 Å². The number of methoxy groups -OCH3 is 1. The van der Waals surface area contributed by atoms with Gasteiger partial charge in [-0.1, -0.05) is 6.92 Å². The van der Waals surface area contributed by atoms with Gasteiger partial charge in [-0.3, -0.25) is 9.59 Å². The Morgan fingerprint density at radius 3 is 2.44 bits per heavy atom. The zero-order valence-corrected chi connectivity index (χ0v) is 28.1. The number of rotatable bonds is 9. The lowest BCUT2D eigenvalue weighted by atomic mass is 10.0. The third kappa shape index (κ3) is 11.9. The molecule has 1 aliphatic heterocycles. The molecular weight excluding hydrogens is 633 g/mol. The van der Waals surface area contributed by atoms with E-state index in [1.165, 1.54) is 28.0 Å². The molecule has 1 heterocycles. The van der Waals surface area contributed by atoms with Crippen molar-refractivity contribution in [1.29, 1.82) is 0 Å². The number of fused-ring (bicyclic) bond motifs is 1. The van der Waals surface area contributed by atoms with Crippen molar-refractivity contribution in [2.24, 2.45) is 5.92 Å². The second kappa shape index (κ2) is 17.9. The van der Waals surface area contributed by atoms with Crippen LogP contribution in [0.1, 0.15) is 63.2 Å². The van der Waals surface area contributed by atoms with Crippen molar-refractivity contribution in [3.8, 4) is 11.5 Å². The molecule has 14 heteroatoms. The topological polar surface area (TPSA) is 130 Å². The van der Waals surface area contributed by atoms with Crippen LogP contribution in [-0.2, 0) is 9.53 Å². The summed E-state index contributed by atoms with van der Waals surface area (Å²) in [5.41, 5.74) is 0.822. The average Bonchev–Trinajstić information content (AvgIpc) is 3.05. The van der Waals surface area contributed by atoms with Gasteiger partial charge in [-0.2, -0.15) is 13.2 Å². The Bertz CT molecular complexity index is 1360. The fourth-order valence-corrected chi connectivity index (χ4v) is 5.19. The fourth-order valence-electron chi connectivity index (χ4n) is 5.19. The number of ether oxygens (including phenoxy) is 3. The highest BCUT2D eigenvalue weighted by Gasteiger charge is 2.32. The molecule has 0 fully saturated rings. The summed E-state index contributed by atoms with van der Waals surface area (Å²) in [5.74, 6) is -0.744. The van der Waals surface area contributed by atoms with Crippen LogP contribution in [0.3, 0.4) is 0 Å². The Kier molecular flexibility index (Phi) is 14.3. The number of benzene rings is 2. The lowest BCUT2D eigenvalue weighted by molar-refractivity contribution is -0.142. The third-order valence-corrected chi connectivity index (χ3v) is 8.11. The predicted molar refractivity (Wildman–Crippen MR) is 175 cm³/mol. The Morgan fingerprint density at radius 1 is 1.10 bits per heavy atom. The van der Waals surface area contributed by atoms with Crippen molar-refractivity contribution in [1.82, 2.24) is 9.80 Å². The van der Waals surface area contributed by atoms with Crippen LogP contribution in [0.15, 0.2) is 42.5 Å². The Labute approximate surface area is 279 Å². The van der Waals surface area contributed by atoms with Gasteiger partial charge in [0.25, 0.3) is 5.91 Å². The summed E-state index contributed by atoms with van der Waals surface area (Å²) in [4.78, 5) is 42.5. The largest absolute Gasteiger partial charge is 0.497 e. The summed E-state index contributed by atoms with van der Waals surface area (Å²) < 4.78 is 55.6. The summed E-state index contributed by atoms with van der Waals surface area (Å²) in [6.07, 6.45) is -5.15. The number of hydrogen-bond donors (Lipinski definition) is 3. The van der Waals surface area contributed by atoms with Crippen molar-refractivity contribution in [3.05, 3.63) is 48.0 Å². The molecule has 0 aromatic heterocycles. The zero-order valence-electron chi connectivity index (χ0n) is 28.1. The second-order valence-corrected chi connectivity index (χ2v) is 12.2. The number of alkyl halides is 3. The normalized spacial score (nSPS) is 20.1. The molecular formula is C34H47F3N4O7. The van der Waals surface area contributed by atoms with Crippen molar-refractivity contribution in [3.63, 3.8) is 0 Å². The summed E-state index contributed by atoms with van der Waals surface area (Å²) in [6.45, 7) is 5.86. The molecule has 0 aliphatic carbocycles. The fraction of sp³-hybridized carbons (Fsp3) is 0.559. The summed E-state index contributed by atoms with van der Waals surface area (Å²) in [7, 11) is 3.21. The monoisotopic (exact) mass is 680 g/mol. The van der Waals surface area contributed by atoms with E-state index in [0.717, 1.165) is 12.8 Å². The van der Waals surface area contributed by atoms with E-state index in [9.17, 15) is 32.7 Å². The van der Waals surface area contributed by atoms with E-state index in [1.807, 2.05) is 13.8 Å².